The summed E-state index contributed by atoms with van der Waals surface area (Å²) in [5.74, 6) is 0.649. The Balaban J connectivity index is 1.48. The second kappa shape index (κ2) is 9.58. The molecule has 1 aromatic heterocycles. The van der Waals surface area contributed by atoms with Crippen molar-refractivity contribution >= 4 is 35.4 Å². The fourth-order valence-electron chi connectivity index (χ4n) is 4.19. The van der Waals surface area contributed by atoms with Crippen LogP contribution in [0.2, 0.25) is 0 Å². The number of aromatic nitrogens is 1. The van der Waals surface area contributed by atoms with Crippen molar-refractivity contribution < 1.29 is 9.53 Å². The van der Waals surface area contributed by atoms with Gasteiger partial charge in [-0.2, -0.15) is 0 Å². The first-order valence-corrected chi connectivity index (χ1v) is 11.3. The molecule has 2 N–H and O–H groups in total. The lowest BCUT2D eigenvalue weighted by Crippen LogP contribution is -2.41. The Hall–Kier alpha value is -3.46. The van der Waals surface area contributed by atoms with Gasteiger partial charge < -0.3 is 14.5 Å². The van der Waals surface area contributed by atoms with Crippen LogP contribution in [0.1, 0.15) is 26.5 Å². The predicted molar refractivity (Wildman–Crippen MR) is 131 cm³/mol. The summed E-state index contributed by atoms with van der Waals surface area (Å²) in [6.45, 7) is 9.43. The lowest BCUT2D eigenvalue weighted by Gasteiger charge is -2.33. The highest BCUT2D eigenvalue weighted by Gasteiger charge is 2.32. The van der Waals surface area contributed by atoms with Crippen LogP contribution < -0.4 is 14.7 Å². The van der Waals surface area contributed by atoms with Gasteiger partial charge in [0.2, 0.25) is 0 Å². The maximum Gasteiger partial charge on any atom is 0.330 e. The fourth-order valence-corrected chi connectivity index (χ4v) is 4.19. The molecule has 9 nitrogen and oxygen atoms in total. The van der Waals surface area contributed by atoms with E-state index in [0.717, 1.165) is 37.4 Å². The van der Waals surface area contributed by atoms with Crippen molar-refractivity contribution in [3.05, 3.63) is 48.2 Å². The number of amidine groups is 1. The molecule has 2 amide bonds. The summed E-state index contributed by atoms with van der Waals surface area (Å²) < 4.78 is 5.62. The van der Waals surface area contributed by atoms with Gasteiger partial charge in [-0.25, -0.2) is 9.78 Å². The molecule has 0 radical (unpaired) electrons. The minimum atomic E-state index is -0.133. The standard InChI is InChI=1S/C24H31N7O2/c1-17(2)31(16-25)23(26)21-5-4-6-22(27-21)30-12-11-29(24(30)32)20-9-7-19(8-10-20)28-13-14-33-18(3)15-28/h4-10,16-18,25-26H,11-15H2,1-3H3. The summed E-state index contributed by atoms with van der Waals surface area (Å²) in [4.78, 5) is 25.0. The molecule has 3 heterocycles. The van der Waals surface area contributed by atoms with Crippen molar-refractivity contribution in [3.8, 4) is 0 Å². The van der Waals surface area contributed by atoms with E-state index in [2.05, 4.69) is 28.9 Å². The van der Waals surface area contributed by atoms with Gasteiger partial charge in [0.1, 0.15) is 11.5 Å². The van der Waals surface area contributed by atoms with Crippen molar-refractivity contribution in [2.45, 2.75) is 32.9 Å². The number of hydrogen-bond acceptors (Lipinski definition) is 6. The predicted octanol–water partition coefficient (Wildman–Crippen LogP) is 3.40. The molecule has 1 unspecified atom stereocenters. The van der Waals surface area contributed by atoms with Crippen LogP contribution in [0.25, 0.3) is 0 Å². The highest BCUT2D eigenvalue weighted by Crippen LogP contribution is 2.27. The average molecular weight is 450 g/mol. The Labute approximate surface area is 194 Å². The lowest BCUT2D eigenvalue weighted by molar-refractivity contribution is 0.0532. The third-order valence-electron chi connectivity index (χ3n) is 5.98. The van der Waals surface area contributed by atoms with Crippen molar-refractivity contribution in [2.75, 3.05) is 47.5 Å². The van der Waals surface area contributed by atoms with E-state index in [-0.39, 0.29) is 24.0 Å². The van der Waals surface area contributed by atoms with Gasteiger partial charge in [0.25, 0.3) is 0 Å². The zero-order valence-corrected chi connectivity index (χ0v) is 19.4. The second-order valence-corrected chi connectivity index (χ2v) is 8.59. The molecule has 2 aliphatic rings. The maximum atomic E-state index is 13.2. The molecule has 0 spiro atoms. The van der Waals surface area contributed by atoms with Gasteiger partial charge in [-0.05, 0) is 57.2 Å². The molecule has 0 aliphatic carbocycles. The van der Waals surface area contributed by atoms with Gasteiger partial charge in [-0.1, -0.05) is 6.07 Å². The molecular formula is C24H31N7O2. The van der Waals surface area contributed by atoms with Gasteiger partial charge >= 0.3 is 6.03 Å². The van der Waals surface area contributed by atoms with E-state index in [1.54, 1.807) is 28.0 Å². The zero-order valence-electron chi connectivity index (χ0n) is 19.4. The summed E-state index contributed by atoms with van der Waals surface area (Å²) in [5.41, 5.74) is 2.41. The number of benzene rings is 1. The highest BCUT2D eigenvalue weighted by molar-refractivity contribution is 6.06. The number of nitrogens with one attached hydrogen (secondary N) is 2. The van der Waals surface area contributed by atoms with E-state index in [9.17, 15) is 4.79 Å². The number of hydrogen-bond donors (Lipinski definition) is 2. The van der Waals surface area contributed by atoms with Crippen LogP contribution in [-0.4, -0.2) is 73.0 Å². The number of rotatable bonds is 6. The van der Waals surface area contributed by atoms with Crippen LogP contribution in [0.15, 0.2) is 42.5 Å². The third-order valence-corrected chi connectivity index (χ3v) is 5.98. The first-order chi connectivity index (χ1) is 15.9. The Morgan fingerprint density at radius 3 is 2.48 bits per heavy atom. The summed E-state index contributed by atoms with van der Waals surface area (Å²) in [6.07, 6.45) is 1.34. The first-order valence-electron chi connectivity index (χ1n) is 11.3. The quantitative estimate of drug-likeness (QED) is 0.520. The van der Waals surface area contributed by atoms with Gasteiger partial charge in [0, 0.05) is 43.6 Å². The van der Waals surface area contributed by atoms with Crippen molar-refractivity contribution in [2.24, 2.45) is 0 Å². The van der Waals surface area contributed by atoms with Crippen LogP contribution in [0.4, 0.5) is 22.0 Å². The van der Waals surface area contributed by atoms with E-state index >= 15 is 0 Å². The number of anilines is 3. The molecule has 2 aromatic rings. The van der Waals surface area contributed by atoms with Gasteiger partial charge in [-0.3, -0.25) is 20.6 Å². The van der Waals surface area contributed by atoms with E-state index in [1.807, 2.05) is 26.0 Å². The molecule has 0 saturated carbocycles. The number of ether oxygens (including phenoxy) is 1. The molecule has 174 valence electrons. The molecule has 2 saturated heterocycles. The Kier molecular flexibility index (Phi) is 6.60. The monoisotopic (exact) mass is 449 g/mol. The molecule has 0 bridgehead atoms. The van der Waals surface area contributed by atoms with Crippen molar-refractivity contribution in [1.82, 2.24) is 9.88 Å². The average Bonchev–Trinajstić information content (AvgIpc) is 3.20. The van der Waals surface area contributed by atoms with Gasteiger partial charge in [0.15, 0.2) is 5.84 Å². The molecular weight excluding hydrogens is 418 g/mol. The first kappa shape index (κ1) is 22.7. The van der Waals surface area contributed by atoms with Crippen LogP contribution in [0, 0.1) is 10.8 Å². The minimum Gasteiger partial charge on any atom is -0.375 e. The van der Waals surface area contributed by atoms with Gasteiger partial charge in [0.05, 0.1) is 19.0 Å². The lowest BCUT2D eigenvalue weighted by atomic mass is 10.2. The van der Waals surface area contributed by atoms with Crippen LogP contribution in [-0.2, 0) is 4.74 Å². The number of carbonyl (C=O) groups excluding carboxylic acids is 1. The number of carbonyl (C=O) groups is 1. The molecule has 2 fully saturated rings. The summed E-state index contributed by atoms with van der Waals surface area (Å²) >= 11 is 0. The smallest absolute Gasteiger partial charge is 0.330 e. The van der Waals surface area contributed by atoms with Crippen molar-refractivity contribution in [3.63, 3.8) is 0 Å². The maximum absolute atomic E-state index is 13.2. The second-order valence-electron chi connectivity index (χ2n) is 8.59. The van der Waals surface area contributed by atoms with Crippen LogP contribution >= 0.6 is 0 Å². The van der Waals surface area contributed by atoms with Gasteiger partial charge in [-0.15, -0.1) is 0 Å². The number of morpholine rings is 1. The molecule has 1 atom stereocenters. The van der Waals surface area contributed by atoms with Crippen LogP contribution in [0.3, 0.4) is 0 Å². The Morgan fingerprint density at radius 2 is 1.82 bits per heavy atom. The third kappa shape index (κ3) is 4.68. The topological polar surface area (TPSA) is 99.9 Å². The number of pyridine rings is 1. The largest absolute Gasteiger partial charge is 0.375 e. The van der Waals surface area contributed by atoms with Crippen LogP contribution in [0.5, 0.6) is 0 Å². The Bertz CT molecular complexity index is 1020. The summed E-state index contributed by atoms with van der Waals surface area (Å²) in [7, 11) is 0. The van der Waals surface area contributed by atoms with E-state index in [0.29, 0.717) is 24.6 Å². The normalized spacial score (nSPS) is 18.7. The summed E-state index contributed by atoms with van der Waals surface area (Å²) in [6, 6.07) is 13.2. The molecule has 2 aliphatic heterocycles. The molecule has 4 rings (SSSR count). The van der Waals surface area contributed by atoms with E-state index in [1.165, 1.54) is 4.90 Å². The minimum absolute atomic E-state index is 0.0342. The summed E-state index contributed by atoms with van der Waals surface area (Å²) in [5, 5.41) is 16.0. The Morgan fingerprint density at radius 1 is 1.12 bits per heavy atom. The zero-order chi connectivity index (χ0) is 23.5. The number of nitrogens with zero attached hydrogens (tertiary/aromatic N) is 5. The van der Waals surface area contributed by atoms with E-state index in [4.69, 9.17) is 15.6 Å². The SMILES string of the molecule is CC1CN(c2ccc(N3CCN(c4cccc(C(=N)N(C=N)C(C)C)n4)C3=O)cc2)CCO1. The molecule has 33 heavy (non-hydrogen) atoms. The number of urea groups is 1. The fraction of sp³-hybridized carbons (Fsp3) is 0.417. The van der Waals surface area contributed by atoms with E-state index < -0.39 is 0 Å². The van der Waals surface area contributed by atoms with Crippen molar-refractivity contribution in [1.29, 1.82) is 10.8 Å². The molecule has 9 heteroatoms. The number of amides is 2. The molecule has 1 aromatic carbocycles. The highest BCUT2D eigenvalue weighted by atomic mass is 16.5.